The maximum atomic E-state index is 12.5. The van der Waals surface area contributed by atoms with Crippen molar-refractivity contribution in [1.29, 1.82) is 0 Å². The summed E-state index contributed by atoms with van der Waals surface area (Å²) < 4.78 is 10.7. The predicted octanol–water partition coefficient (Wildman–Crippen LogP) is 1.92. The standard InChI is InChI=1S/C17H16N2O4S/c18-15(20)9-24-14-7-2-1-5-12(14)17(21)19-8-11-4-3-6-13-16(11)23-10-22-13/h1-7H,8-10H2,(H2,18,20)(H,19,21). The molecule has 0 saturated carbocycles. The number of benzene rings is 2. The number of rotatable bonds is 6. The van der Waals surface area contributed by atoms with Gasteiger partial charge in [-0.2, -0.15) is 0 Å². The van der Waals surface area contributed by atoms with Crippen LogP contribution in [0.5, 0.6) is 11.5 Å². The van der Waals surface area contributed by atoms with E-state index in [-0.39, 0.29) is 18.5 Å². The third-order valence-electron chi connectivity index (χ3n) is 3.42. The van der Waals surface area contributed by atoms with Crippen LogP contribution in [0.3, 0.4) is 0 Å². The predicted molar refractivity (Wildman–Crippen MR) is 90.1 cm³/mol. The van der Waals surface area contributed by atoms with E-state index in [9.17, 15) is 9.59 Å². The van der Waals surface area contributed by atoms with Crippen LogP contribution in [0.1, 0.15) is 15.9 Å². The van der Waals surface area contributed by atoms with Gasteiger partial charge in [-0.1, -0.05) is 24.3 Å². The van der Waals surface area contributed by atoms with Crippen molar-refractivity contribution in [3.8, 4) is 11.5 Å². The van der Waals surface area contributed by atoms with Gasteiger partial charge in [0.15, 0.2) is 11.5 Å². The highest BCUT2D eigenvalue weighted by Gasteiger charge is 2.18. The van der Waals surface area contributed by atoms with Gasteiger partial charge in [-0.05, 0) is 18.2 Å². The smallest absolute Gasteiger partial charge is 0.252 e. The fraction of sp³-hybridized carbons (Fsp3) is 0.176. The molecule has 0 atom stereocenters. The number of primary amides is 1. The Hall–Kier alpha value is -2.67. The molecule has 1 aliphatic heterocycles. The Kier molecular flexibility index (Phi) is 4.90. The summed E-state index contributed by atoms with van der Waals surface area (Å²) in [6.45, 7) is 0.507. The number of amides is 2. The highest BCUT2D eigenvalue weighted by Crippen LogP contribution is 2.35. The Labute approximate surface area is 143 Å². The van der Waals surface area contributed by atoms with Gasteiger partial charge in [-0.3, -0.25) is 9.59 Å². The quantitative estimate of drug-likeness (QED) is 0.782. The van der Waals surface area contributed by atoms with Crippen molar-refractivity contribution >= 4 is 23.6 Å². The molecule has 3 rings (SSSR count). The summed E-state index contributed by atoms with van der Waals surface area (Å²) in [6, 6.07) is 12.7. The molecule has 1 heterocycles. The fourth-order valence-corrected chi connectivity index (χ4v) is 3.12. The molecule has 124 valence electrons. The van der Waals surface area contributed by atoms with Crippen LogP contribution in [0.15, 0.2) is 47.4 Å². The lowest BCUT2D eigenvalue weighted by atomic mass is 10.1. The molecule has 2 amide bonds. The molecule has 0 radical (unpaired) electrons. The van der Waals surface area contributed by atoms with Gasteiger partial charge in [-0.25, -0.2) is 0 Å². The summed E-state index contributed by atoms with van der Waals surface area (Å²) in [7, 11) is 0. The highest BCUT2D eigenvalue weighted by molar-refractivity contribution is 8.00. The molecule has 7 heteroatoms. The number of nitrogens with one attached hydrogen (secondary N) is 1. The average molecular weight is 344 g/mol. The lowest BCUT2D eigenvalue weighted by Gasteiger charge is -2.10. The molecular formula is C17H16N2O4S. The Morgan fingerprint density at radius 1 is 1.12 bits per heavy atom. The van der Waals surface area contributed by atoms with E-state index in [1.165, 1.54) is 11.8 Å². The van der Waals surface area contributed by atoms with E-state index in [1.807, 2.05) is 24.3 Å². The van der Waals surface area contributed by atoms with Crippen molar-refractivity contribution in [2.75, 3.05) is 12.5 Å². The SMILES string of the molecule is NC(=O)CSc1ccccc1C(=O)NCc1cccc2c1OCO2. The monoisotopic (exact) mass is 344 g/mol. The van der Waals surface area contributed by atoms with Gasteiger partial charge in [-0.15, -0.1) is 11.8 Å². The molecule has 0 aliphatic carbocycles. The molecule has 0 spiro atoms. The van der Waals surface area contributed by atoms with Crippen molar-refractivity contribution in [2.24, 2.45) is 5.73 Å². The summed E-state index contributed by atoms with van der Waals surface area (Å²) in [5.41, 5.74) is 6.52. The van der Waals surface area contributed by atoms with E-state index < -0.39 is 5.91 Å². The molecule has 0 saturated heterocycles. The van der Waals surface area contributed by atoms with E-state index >= 15 is 0 Å². The van der Waals surface area contributed by atoms with Crippen LogP contribution in [0.2, 0.25) is 0 Å². The Morgan fingerprint density at radius 3 is 2.79 bits per heavy atom. The van der Waals surface area contributed by atoms with Gasteiger partial charge in [0, 0.05) is 17.0 Å². The summed E-state index contributed by atoms with van der Waals surface area (Å²) in [5, 5.41) is 2.87. The largest absolute Gasteiger partial charge is 0.454 e. The number of carbonyl (C=O) groups is 2. The number of para-hydroxylation sites is 1. The second kappa shape index (κ2) is 7.27. The minimum Gasteiger partial charge on any atom is -0.454 e. The van der Waals surface area contributed by atoms with Crippen LogP contribution < -0.4 is 20.5 Å². The van der Waals surface area contributed by atoms with Crippen LogP contribution in [-0.4, -0.2) is 24.4 Å². The Morgan fingerprint density at radius 2 is 1.96 bits per heavy atom. The number of thioether (sulfide) groups is 1. The van der Waals surface area contributed by atoms with Crippen LogP contribution >= 0.6 is 11.8 Å². The van der Waals surface area contributed by atoms with Crippen LogP contribution in [0.4, 0.5) is 0 Å². The van der Waals surface area contributed by atoms with Gasteiger partial charge in [0.25, 0.3) is 5.91 Å². The van der Waals surface area contributed by atoms with Gasteiger partial charge >= 0.3 is 0 Å². The summed E-state index contributed by atoms with van der Waals surface area (Å²) in [5.74, 6) is 0.821. The topological polar surface area (TPSA) is 90.7 Å². The van der Waals surface area contributed by atoms with E-state index in [4.69, 9.17) is 15.2 Å². The lowest BCUT2D eigenvalue weighted by Crippen LogP contribution is -2.23. The zero-order valence-corrected chi connectivity index (χ0v) is 13.6. The van der Waals surface area contributed by atoms with Crippen LogP contribution in [0.25, 0.3) is 0 Å². The van der Waals surface area contributed by atoms with Gasteiger partial charge in [0.05, 0.1) is 11.3 Å². The van der Waals surface area contributed by atoms with E-state index in [0.29, 0.717) is 28.5 Å². The van der Waals surface area contributed by atoms with Crippen molar-refractivity contribution in [3.05, 3.63) is 53.6 Å². The third-order valence-corrected chi connectivity index (χ3v) is 4.52. The maximum absolute atomic E-state index is 12.5. The second-order valence-electron chi connectivity index (χ2n) is 5.08. The number of hydrogen-bond donors (Lipinski definition) is 2. The Bertz CT molecular complexity index is 779. The molecule has 2 aromatic carbocycles. The molecule has 24 heavy (non-hydrogen) atoms. The van der Waals surface area contributed by atoms with Crippen LogP contribution in [0, 0.1) is 0 Å². The number of ether oxygens (including phenoxy) is 2. The fourth-order valence-electron chi connectivity index (χ4n) is 2.33. The molecule has 0 fully saturated rings. The van der Waals surface area contributed by atoms with E-state index in [1.54, 1.807) is 18.2 Å². The third kappa shape index (κ3) is 3.62. The van der Waals surface area contributed by atoms with Gasteiger partial charge in [0.1, 0.15) is 0 Å². The molecule has 3 N–H and O–H groups in total. The molecule has 6 nitrogen and oxygen atoms in total. The molecular weight excluding hydrogens is 328 g/mol. The second-order valence-corrected chi connectivity index (χ2v) is 6.10. The van der Waals surface area contributed by atoms with E-state index in [0.717, 1.165) is 5.56 Å². The first-order valence-electron chi connectivity index (χ1n) is 7.31. The number of hydrogen-bond acceptors (Lipinski definition) is 5. The van der Waals surface area contributed by atoms with Crippen molar-refractivity contribution in [3.63, 3.8) is 0 Å². The first-order chi connectivity index (χ1) is 11.6. The molecule has 1 aliphatic rings. The average Bonchev–Trinajstić information content (AvgIpc) is 3.07. The van der Waals surface area contributed by atoms with Crippen molar-refractivity contribution < 1.29 is 19.1 Å². The molecule has 0 aromatic heterocycles. The first kappa shape index (κ1) is 16.2. The summed E-state index contributed by atoms with van der Waals surface area (Å²) >= 11 is 1.25. The van der Waals surface area contributed by atoms with E-state index in [2.05, 4.69) is 5.32 Å². The molecule has 2 aromatic rings. The summed E-state index contributed by atoms with van der Waals surface area (Å²) in [6.07, 6.45) is 0. The summed E-state index contributed by atoms with van der Waals surface area (Å²) in [4.78, 5) is 24.1. The number of nitrogens with two attached hydrogens (primary N) is 1. The van der Waals surface area contributed by atoms with Gasteiger partial charge < -0.3 is 20.5 Å². The first-order valence-corrected chi connectivity index (χ1v) is 8.29. The lowest BCUT2D eigenvalue weighted by molar-refractivity contribution is -0.115. The zero-order chi connectivity index (χ0) is 16.9. The molecule has 0 unspecified atom stereocenters. The minimum atomic E-state index is -0.424. The van der Waals surface area contributed by atoms with Gasteiger partial charge in [0.2, 0.25) is 12.7 Å². The Balaban J connectivity index is 1.70. The minimum absolute atomic E-state index is 0.127. The maximum Gasteiger partial charge on any atom is 0.252 e. The van der Waals surface area contributed by atoms with Crippen molar-refractivity contribution in [2.45, 2.75) is 11.4 Å². The zero-order valence-electron chi connectivity index (χ0n) is 12.8. The van der Waals surface area contributed by atoms with Crippen LogP contribution in [-0.2, 0) is 11.3 Å². The highest BCUT2D eigenvalue weighted by atomic mass is 32.2. The molecule has 0 bridgehead atoms. The normalized spacial score (nSPS) is 12.0. The van der Waals surface area contributed by atoms with Crippen molar-refractivity contribution in [1.82, 2.24) is 5.32 Å². The number of fused-ring (bicyclic) bond motifs is 1. The number of carbonyl (C=O) groups excluding carboxylic acids is 2.